The Labute approximate surface area is 104 Å². The van der Waals surface area contributed by atoms with Crippen LogP contribution in [-0.4, -0.2) is 26.2 Å². The first-order valence-electron chi connectivity index (χ1n) is 5.00. The number of aromatic nitrogens is 1. The molecule has 2 rings (SSSR count). The van der Waals surface area contributed by atoms with Gasteiger partial charge in [-0.15, -0.1) is 0 Å². The summed E-state index contributed by atoms with van der Waals surface area (Å²) in [5, 5.41) is 0. The molecule has 5 heteroatoms. The van der Waals surface area contributed by atoms with Crippen LogP contribution in [0.5, 0.6) is 0 Å². The van der Waals surface area contributed by atoms with E-state index in [1.165, 1.54) is 11.8 Å². The van der Waals surface area contributed by atoms with E-state index < -0.39 is 0 Å². The van der Waals surface area contributed by atoms with Crippen molar-refractivity contribution in [2.24, 2.45) is 0 Å². The Balaban J connectivity index is 2.27. The van der Waals surface area contributed by atoms with Crippen LogP contribution in [0.4, 0.5) is 0 Å². The number of nitrogens with zero attached hydrogens (tertiary/aromatic N) is 1. The van der Waals surface area contributed by atoms with Gasteiger partial charge in [0.2, 0.25) is 0 Å². The quantitative estimate of drug-likeness (QED) is 0.649. The van der Waals surface area contributed by atoms with E-state index >= 15 is 0 Å². The number of thioether (sulfide) groups is 1. The lowest BCUT2D eigenvalue weighted by molar-refractivity contribution is -0.123. The number of rotatable bonds is 2. The van der Waals surface area contributed by atoms with Crippen LogP contribution in [0.1, 0.15) is 19.5 Å². The number of aromatic amines is 1. The van der Waals surface area contributed by atoms with Gasteiger partial charge in [0, 0.05) is 17.9 Å². The molecule has 1 aromatic rings. The number of thiocarbonyl (C=S) groups is 1. The standard InChI is InChI=1S/C11H12N2OS2/c1-7(2)13-10(14)9(16-11(13)15)6-8-4-3-5-12-8/h3-7,12H,1-2H3/b9-6-. The molecule has 16 heavy (non-hydrogen) atoms. The fourth-order valence-corrected chi connectivity index (χ4v) is 3.02. The molecule has 0 aromatic carbocycles. The van der Waals surface area contributed by atoms with Gasteiger partial charge < -0.3 is 4.98 Å². The van der Waals surface area contributed by atoms with Gasteiger partial charge >= 0.3 is 0 Å². The molecule has 0 bridgehead atoms. The number of H-pyrrole nitrogens is 1. The number of carbonyl (C=O) groups excluding carboxylic acids is 1. The number of hydrogen-bond donors (Lipinski definition) is 1. The van der Waals surface area contributed by atoms with Crippen molar-refractivity contribution in [3.05, 3.63) is 28.9 Å². The summed E-state index contributed by atoms with van der Waals surface area (Å²) in [6.45, 7) is 3.92. The molecule has 1 N–H and O–H groups in total. The smallest absolute Gasteiger partial charge is 0.266 e. The zero-order valence-electron chi connectivity index (χ0n) is 9.06. The van der Waals surface area contributed by atoms with Gasteiger partial charge in [-0.1, -0.05) is 24.0 Å². The van der Waals surface area contributed by atoms with Gasteiger partial charge in [0.05, 0.1) is 4.91 Å². The summed E-state index contributed by atoms with van der Waals surface area (Å²) in [6, 6.07) is 3.93. The molecule has 0 radical (unpaired) electrons. The zero-order valence-corrected chi connectivity index (χ0v) is 10.7. The van der Waals surface area contributed by atoms with Crippen LogP contribution < -0.4 is 0 Å². The fraction of sp³-hybridized carbons (Fsp3) is 0.273. The van der Waals surface area contributed by atoms with Crippen LogP contribution in [0, 0.1) is 0 Å². The molecule has 84 valence electrons. The molecule has 0 unspecified atom stereocenters. The molecule has 3 nitrogen and oxygen atoms in total. The highest BCUT2D eigenvalue weighted by atomic mass is 32.2. The maximum atomic E-state index is 12.0. The summed E-state index contributed by atoms with van der Waals surface area (Å²) in [6.07, 6.45) is 3.66. The van der Waals surface area contributed by atoms with E-state index in [1.807, 2.05) is 38.3 Å². The number of amides is 1. The molecule has 1 fully saturated rings. The normalized spacial score (nSPS) is 19.2. The van der Waals surface area contributed by atoms with E-state index in [-0.39, 0.29) is 11.9 Å². The van der Waals surface area contributed by atoms with Crippen LogP contribution in [0.25, 0.3) is 6.08 Å². The number of hydrogen-bond acceptors (Lipinski definition) is 3. The Morgan fingerprint density at radius 3 is 2.81 bits per heavy atom. The highest BCUT2D eigenvalue weighted by molar-refractivity contribution is 8.26. The number of nitrogens with one attached hydrogen (secondary N) is 1. The highest BCUT2D eigenvalue weighted by Gasteiger charge is 2.33. The second kappa shape index (κ2) is 4.43. The predicted molar refractivity (Wildman–Crippen MR) is 70.9 cm³/mol. The van der Waals surface area contributed by atoms with Gasteiger partial charge in [-0.05, 0) is 32.1 Å². The van der Waals surface area contributed by atoms with E-state index in [0.717, 1.165) is 5.69 Å². The lowest BCUT2D eigenvalue weighted by Gasteiger charge is -2.18. The Bertz CT molecular complexity index is 449. The molecule has 1 saturated heterocycles. The maximum Gasteiger partial charge on any atom is 0.266 e. The first kappa shape index (κ1) is 11.4. The van der Waals surface area contributed by atoms with E-state index in [9.17, 15) is 4.79 Å². The van der Waals surface area contributed by atoms with Gasteiger partial charge in [-0.2, -0.15) is 0 Å². The summed E-state index contributed by atoms with van der Waals surface area (Å²) < 4.78 is 0.637. The molecule has 2 heterocycles. The Hall–Kier alpha value is -1.07. The van der Waals surface area contributed by atoms with Gasteiger partial charge in [-0.25, -0.2) is 0 Å². The topological polar surface area (TPSA) is 36.1 Å². The van der Waals surface area contributed by atoms with Gasteiger partial charge in [0.15, 0.2) is 0 Å². The van der Waals surface area contributed by atoms with E-state index in [2.05, 4.69) is 4.98 Å². The largest absolute Gasteiger partial charge is 0.362 e. The molecular formula is C11H12N2OS2. The average molecular weight is 252 g/mol. The molecular weight excluding hydrogens is 240 g/mol. The summed E-state index contributed by atoms with van der Waals surface area (Å²) >= 11 is 6.54. The SMILES string of the molecule is CC(C)N1C(=O)/C(=C/c2ccc[nH]2)SC1=S. The first-order valence-corrected chi connectivity index (χ1v) is 6.22. The van der Waals surface area contributed by atoms with Crippen LogP contribution in [-0.2, 0) is 4.79 Å². The molecule has 0 atom stereocenters. The van der Waals surface area contributed by atoms with Crippen molar-refractivity contribution in [2.75, 3.05) is 0 Å². The monoisotopic (exact) mass is 252 g/mol. The average Bonchev–Trinajstić information content (AvgIpc) is 2.76. The molecule has 0 aliphatic carbocycles. The third-order valence-corrected chi connectivity index (χ3v) is 3.58. The van der Waals surface area contributed by atoms with Crippen molar-refractivity contribution in [2.45, 2.75) is 19.9 Å². The lowest BCUT2D eigenvalue weighted by Crippen LogP contribution is -2.34. The van der Waals surface area contributed by atoms with Gasteiger partial charge in [-0.3, -0.25) is 9.69 Å². The van der Waals surface area contributed by atoms with Crippen molar-refractivity contribution < 1.29 is 4.79 Å². The zero-order chi connectivity index (χ0) is 11.7. The predicted octanol–water partition coefficient (Wildman–Crippen LogP) is 2.62. The highest BCUT2D eigenvalue weighted by Crippen LogP contribution is 2.33. The molecule has 1 aliphatic heterocycles. The summed E-state index contributed by atoms with van der Waals surface area (Å²) in [5.41, 5.74) is 0.921. The minimum absolute atomic E-state index is 0.000370. The summed E-state index contributed by atoms with van der Waals surface area (Å²) in [7, 11) is 0. The molecule has 0 saturated carbocycles. The molecule has 1 aliphatic rings. The Morgan fingerprint density at radius 2 is 2.31 bits per heavy atom. The second-order valence-corrected chi connectivity index (χ2v) is 5.45. The first-order chi connectivity index (χ1) is 7.59. The van der Waals surface area contributed by atoms with Crippen LogP contribution in [0.15, 0.2) is 23.2 Å². The van der Waals surface area contributed by atoms with Crippen molar-refractivity contribution in [3.8, 4) is 0 Å². The number of carbonyl (C=O) groups is 1. The van der Waals surface area contributed by atoms with Crippen molar-refractivity contribution in [1.29, 1.82) is 0 Å². The maximum absolute atomic E-state index is 12.0. The van der Waals surface area contributed by atoms with E-state index in [0.29, 0.717) is 9.23 Å². The molecule has 1 aromatic heterocycles. The second-order valence-electron chi connectivity index (χ2n) is 3.77. The molecule has 1 amide bonds. The Morgan fingerprint density at radius 1 is 1.56 bits per heavy atom. The minimum Gasteiger partial charge on any atom is -0.362 e. The summed E-state index contributed by atoms with van der Waals surface area (Å²) in [4.78, 5) is 17.4. The third kappa shape index (κ3) is 2.05. The van der Waals surface area contributed by atoms with Gasteiger partial charge in [0.25, 0.3) is 5.91 Å². The third-order valence-electron chi connectivity index (χ3n) is 2.25. The Kier molecular flexibility index (Phi) is 3.16. The molecule has 0 spiro atoms. The van der Waals surface area contributed by atoms with Crippen LogP contribution in [0.2, 0.25) is 0 Å². The van der Waals surface area contributed by atoms with E-state index in [1.54, 1.807) is 4.90 Å². The fourth-order valence-electron chi connectivity index (χ4n) is 1.50. The van der Waals surface area contributed by atoms with Crippen LogP contribution in [0.3, 0.4) is 0 Å². The van der Waals surface area contributed by atoms with Crippen molar-refractivity contribution in [1.82, 2.24) is 9.88 Å². The van der Waals surface area contributed by atoms with Crippen LogP contribution >= 0.6 is 24.0 Å². The van der Waals surface area contributed by atoms with Crippen molar-refractivity contribution in [3.63, 3.8) is 0 Å². The van der Waals surface area contributed by atoms with Gasteiger partial charge in [0.1, 0.15) is 4.32 Å². The van der Waals surface area contributed by atoms with Crippen molar-refractivity contribution >= 4 is 40.3 Å². The summed E-state index contributed by atoms with van der Waals surface area (Å²) in [5.74, 6) is -0.000370. The van der Waals surface area contributed by atoms with E-state index in [4.69, 9.17) is 12.2 Å². The minimum atomic E-state index is -0.000370. The lowest BCUT2D eigenvalue weighted by atomic mass is 10.3.